The molecular formula is C12H25NO2. The topological polar surface area (TPSA) is 32.7 Å². The van der Waals surface area contributed by atoms with Crippen LogP contribution in [0.15, 0.2) is 0 Å². The van der Waals surface area contributed by atoms with E-state index in [0.717, 1.165) is 19.8 Å². The lowest BCUT2D eigenvalue weighted by Crippen LogP contribution is -2.37. The summed E-state index contributed by atoms with van der Waals surface area (Å²) in [6.45, 7) is 5.09. The van der Waals surface area contributed by atoms with Crippen molar-refractivity contribution in [3.05, 3.63) is 0 Å². The Balaban J connectivity index is 2.15. The van der Waals surface area contributed by atoms with Crippen molar-refractivity contribution in [1.29, 1.82) is 0 Å². The summed E-state index contributed by atoms with van der Waals surface area (Å²) in [5, 5.41) is 9.06. The van der Waals surface area contributed by atoms with Crippen LogP contribution in [-0.4, -0.2) is 49.5 Å². The first kappa shape index (κ1) is 12.9. The highest BCUT2D eigenvalue weighted by atomic mass is 16.5. The van der Waals surface area contributed by atoms with Gasteiger partial charge >= 0.3 is 0 Å². The first-order valence-corrected chi connectivity index (χ1v) is 6.16. The maximum absolute atomic E-state index is 9.06. The van der Waals surface area contributed by atoms with E-state index in [1.807, 2.05) is 6.92 Å². The quantitative estimate of drug-likeness (QED) is 0.682. The van der Waals surface area contributed by atoms with Crippen LogP contribution >= 0.6 is 0 Å². The molecule has 0 aliphatic heterocycles. The minimum Gasteiger partial charge on any atom is -0.396 e. The Labute approximate surface area is 93.4 Å². The average molecular weight is 215 g/mol. The summed E-state index contributed by atoms with van der Waals surface area (Å²) in [5.41, 5.74) is 0. The first-order chi connectivity index (χ1) is 7.27. The molecule has 1 aliphatic carbocycles. The maximum Gasteiger partial charge on any atom is 0.0593 e. The molecule has 3 nitrogen and oxygen atoms in total. The Morgan fingerprint density at radius 3 is 2.47 bits per heavy atom. The number of aliphatic hydroxyl groups is 1. The zero-order chi connectivity index (χ0) is 11.1. The molecule has 0 aromatic carbocycles. The number of likely N-dealkylation sites (N-methyl/N-ethyl adjacent to an activating group) is 1. The van der Waals surface area contributed by atoms with Crippen molar-refractivity contribution >= 4 is 0 Å². The number of aliphatic hydroxyl groups excluding tert-OH is 1. The van der Waals surface area contributed by atoms with E-state index in [4.69, 9.17) is 9.84 Å². The predicted octanol–water partition coefficient (Wildman–Crippen LogP) is 1.51. The summed E-state index contributed by atoms with van der Waals surface area (Å²) in [6, 6.07) is 0.702. The van der Waals surface area contributed by atoms with Crippen LogP contribution in [0.1, 0.15) is 32.6 Å². The van der Waals surface area contributed by atoms with Gasteiger partial charge in [0.1, 0.15) is 0 Å². The van der Waals surface area contributed by atoms with Crippen molar-refractivity contribution in [2.45, 2.75) is 38.6 Å². The highest BCUT2D eigenvalue weighted by Gasteiger charge is 2.22. The summed E-state index contributed by atoms with van der Waals surface area (Å²) in [6.07, 6.45) is 4.82. The van der Waals surface area contributed by atoms with Gasteiger partial charge in [0.25, 0.3) is 0 Å². The normalized spacial score (nSPS) is 27.2. The molecule has 0 heterocycles. The van der Waals surface area contributed by atoms with Crippen LogP contribution in [0, 0.1) is 5.92 Å². The Morgan fingerprint density at radius 1 is 1.27 bits per heavy atom. The van der Waals surface area contributed by atoms with E-state index in [1.165, 1.54) is 25.7 Å². The van der Waals surface area contributed by atoms with Crippen molar-refractivity contribution in [2.75, 3.05) is 33.4 Å². The van der Waals surface area contributed by atoms with Gasteiger partial charge in [-0.3, -0.25) is 0 Å². The van der Waals surface area contributed by atoms with Gasteiger partial charge in [-0.15, -0.1) is 0 Å². The molecule has 0 bridgehead atoms. The number of rotatable bonds is 6. The maximum atomic E-state index is 9.06. The fourth-order valence-corrected chi connectivity index (χ4v) is 2.30. The zero-order valence-electron chi connectivity index (χ0n) is 10.1. The molecule has 0 atom stereocenters. The number of ether oxygens (including phenoxy) is 1. The second-order valence-corrected chi connectivity index (χ2v) is 4.53. The molecule has 0 saturated heterocycles. The molecule has 0 radical (unpaired) electrons. The lowest BCUT2D eigenvalue weighted by Gasteiger charge is -2.34. The standard InChI is InChI=1S/C12H25NO2/c1-3-15-9-8-13(2)12-6-4-11(10-14)5-7-12/h11-12,14H,3-10H2,1-2H3. The van der Waals surface area contributed by atoms with Crippen LogP contribution in [0.5, 0.6) is 0 Å². The Hall–Kier alpha value is -0.120. The zero-order valence-corrected chi connectivity index (χ0v) is 10.1. The first-order valence-electron chi connectivity index (χ1n) is 6.16. The Bertz CT molecular complexity index is 156. The highest BCUT2D eigenvalue weighted by molar-refractivity contribution is 4.77. The third kappa shape index (κ3) is 4.49. The molecule has 1 fully saturated rings. The molecule has 3 heteroatoms. The molecule has 0 amide bonds. The van der Waals surface area contributed by atoms with Crippen molar-refractivity contribution in [3.63, 3.8) is 0 Å². The Morgan fingerprint density at radius 2 is 1.93 bits per heavy atom. The Kier molecular flexibility index (Phi) is 6.22. The molecule has 90 valence electrons. The second-order valence-electron chi connectivity index (χ2n) is 4.53. The summed E-state index contributed by atoms with van der Waals surface area (Å²) in [4.78, 5) is 2.41. The van der Waals surface area contributed by atoms with E-state index in [9.17, 15) is 0 Å². The van der Waals surface area contributed by atoms with Crippen LogP contribution in [-0.2, 0) is 4.74 Å². The third-order valence-electron chi connectivity index (χ3n) is 3.49. The predicted molar refractivity (Wildman–Crippen MR) is 62.0 cm³/mol. The van der Waals surface area contributed by atoms with Crippen LogP contribution in [0.3, 0.4) is 0 Å². The van der Waals surface area contributed by atoms with Crippen LogP contribution in [0.25, 0.3) is 0 Å². The fraction of sp³-hybridized carbons (Fsp3) is 1.00. The fourth-order valence-electron chi connectivity index (χ4n) is 2.30. The molecule has 0 unspecified atom stereocenters. The van der Waals surface area contributed by atoms with Crippen molar-refractivity contribution in [2.24, 2.45) is 5.92 Å². The summed E-state index contributed by atoms with van der Waals surface area (Å²) >= 11 is 0. The van der Waals surface area contributed by atoms with Gasteiger partial charge in [-0.25, -0.2) is 0 Å². The molecular weight excluding hydrogens is 190 g/mol. The molecule has 1 rings (SSSR count). The van der Waals surface area contributed by atoms with E-state index in [1.54, 1.807) is 0 Å². The largest absolute Gasteiger partial charge is 0.396 e. The van der Waals surface area contributed by atoms with Gasteiger partial charge in [0.15, 0.2) is 0 Å². The summed E-state index contributed by atoms with van der Waals surface area (Å²) in [7, 11) is 2.18. The van der Waals surface area contributed by atoms with Crippen molar-refractivity contribution < 1.29 is 9.84 Å². The van der Waals surface area contributed by atoms with E-state index in [0.29, 0.717) is 18.6 Å². The number of hydrogen-bond acceptors (Lipinski definition) is 3. The molecule has 15 heavy (non-hydrogen) atoms. The van der Waals surface area contributed by atoms with Crippen molar-refractivity contribution in [3.8, 4) is 0 Å². The SMILES string of the molecule is CCOCCN(C)C1CCC(CO)CC1. The lowest BCUT2D eigenvalue weighted by molar-refractivity contribution is 0.0836. The molecule has 1 saturated carbocycles. The van der Waals surface area contributed by atoms with E-state index in [2.05, 4.69) is 11.9 Å². The van der Waals surface area contributed by atoms with E-state index in [-0.39, 0.29) is 0 Å². The minimum absolute atomic E-state index is 0.370. The van der Waals surface area contributed by atoms with Gasteiger partial charge < -0.3 is 14.7 Å². The number of hydrogen-bond donors (Lipinski definition) is 1. The molecule has 1 N–H and O–H groups in total. The van der Waals surface area contributed by atoms with Crippen molar-refractivity contribution in [1.82, 2.24) is 4.90 Å². The van der Waals surface area contributed by atoms with Gasteiger partial charge in [-0.2, -0.15) is 0 Å². The summed E-state index contributed by atoms with van der Waals surface area (Å²) in [5.74, 6) is 0.557. The second kappa shape index (κ2) is 7.20. The van der Waals surface area contributed by atoms with E-state index < -0.39 is 0 Å². The highest BCUT2D eigenvalue weighted by Crippen LogP contribution is 2.26. The van der Waals surface area contributed by atoms with Gasteiger partial charge in [0.2, 0.25) is 0 Å². The lowest BCUT2D eigenvalue weighted by atomic mass is 9.86. The molecule has 0 aromatic rings. The van der Waals surface area contributed by atoms with Gasteiger partial charge in [0, 0.05) is 25.8 Å². The van der Waals surface area contributed by atoms with Gasteiger partial charge in [0.05, 0.1) is 6.61 Å². The van der Waals surface area contributed by atoms with Crippen LogP contribution < -0.4 is 0 Å². The average Bonchev–Trinajstić information content (AvgIpc) is 2.29. The molecule has 0 spiro atoms. The molecule has 1 aliphatic rings. The summed E-state index contributed by atoms with van der Waals surface area (Å²) < 4.78 is 5.36. The van der Waals surface area contributed by atoms with Crippen LogP contribution in [0.2, 0.25) is 0 Å². The van der Waals surface area contributed by atoms with Gasteiger partial charge in [-0.05, 0) is 45.6 Å². The number of nitrogens with zero attached hydrogens (tertiary/aromatic N) is 1. The monoisotopic (exact) mass is 215 g/mol. The van der Waals surface area contributed by atoms with Crippen LogP contribution in [0.4, 0.5) is 0 Å². The van der Waals surface area contributed by atoms with E-state index >= 15 is 0 Å². The minimum atomic E-state index is 0.370. The van der Waals surface area contributed by atoms with Gasteiger partial charge in [-0.1, -0.05) is 0 Å². The third-order valence-corrected chi connectivity index (χ3v) is 3.49. The molecule has 0 aromatic heterocycles. The smallest absolute Gasteiger partial charge is 0.0593 e.